The summed E-state index contributed by atoms with van der Waals surface area (Å²) in [5.41, 5.74) is 5.10. The summed E-state index contributed by atoms with van der Waals surface area (Å²) < 4.78 is 7.16. The topological polar surface area (TPSA) is 38.4 Å². The van der Waals surface area contributed by atoms with E-state index in [0.717, 1.165) is 43.0 Å². The zero-order chi connectivity index (χ0) is 19.6. The number of aromatic nitrogens is 1. The summed E-state index contributed by atoms with van der Waals surface area (Å²) in [6, 6.07) is 28.1. The molecule has 0 saturated carbocycles. The largest absolute Gasteiger partial charge is 0.438 e. The SMILES string of the molecule is Brc1cccc(N=c2oc3ccccc3cc2-c2nc(-c3ccccc3)cs2)c1. The van der Waals surface area contributed by atoms with Crippen LogP contribution in [0.4, 0.5) is 5.69 Å². The van der Waals surface area contributed by atoms with Gasteiger partial charge in [0.25, 0.3) is 0 Å². The zero-order valence-electron chi connectivity index (χ0n) is 15.2. The van der Waals surface area contributed by atoms with E-state index >= 15 is 0 Å². The van der Waals surface area contributed by atoms with Crippen molar-refractivity contribution in [2.45, 2.75) is 0 Å². The predicted octanol–water partition coefficient (Wildman–Crippen LogP) is 7.22. The number of fused-ring (bicyclic) bond motifs is 1. The maximum absolute atomic E-state index is 6.19. The van der Waals surface area contributed by atoms with Gasteiger partial charge in [0.15, 0.2) is 0 Å². The average molecular weight is 459 g/mol. The van der Waals surface area contributed by atoms with Crippen LogP contribution in [-0.2, 0) is 0 Å². The lowest BCUT2D eigenvalue weighted by Crippen LogP contribution is -2.05. The van der Waals surface area contributed by atoms with Crippen LogP contribution in [-0.4, -0.2) is 4.98 Å². The lowest BCUT2D eigenvalue weighted by atomic mass is 10.1. The van der Waals surface area contributed by atoms with Crippen molar-refractivity contribution in [3.05, 3.63) is 100 Å². The molecule has 0 aliphatic heterocycles. The molecule has 5 aromatic rings. The molecule has 0 bridgehead atoms. The standard InChI is InChI=1S/C24H15BrN2OS/c25-18-10-6-11-19(14-18)26-23-20(13-17-9-4-5-12-22(17)28-23)24-27-21(15-29-24)16-7-2-1-3-8-16/h1-15H. The van der Waals surface area contributed by atoms with Crippen molar-refractivity contribution in [3.63, 3.8) is 0 Å². The average Bonchev–Trinajstić information content (AvgIpc) is 3.24. The molecule has 0 aliphatic carbocycles. The van der Waals surface area contributed by atoms with E-state index in [1.165, 1.54) is 0 Å². The number of halogens is 1. The van der Waals surface area contributed by atoms with Crippen LogP contribution in [0.5, 0.6) is 0 Å². The Bertz CT molecular complexity index is 1370. The monoisotopic (exact) mass is 458 g/mol. The molecule has 5 heteroatoms. The van der Waals surface area contributed by atoms with Crippen molar-refractivity contribution in [1.82, 2.24) is 4.98 Å². The molecule has 0 unspecified atom stereocenters. The first-order chi connectivity index (χ1) is 14.3. The molecule has 0 radical (unpaired) electrons. The molecule has 5 rings (SSSR count). The van der Waals surface area contributed by atoms with Crippen LogP contribution in [0, 0.1) is 0 Å². The molecule has 0 amide bonds. The lowest BCUT2D eigenvalue weighted by Gasteiger charge is -2.03. The summed E-state index contributed by atoms with van der Waals surface area (Å²) in [7, 11) is 0. The molecule has 0 atom stereocenters. The summed E-state index contributed by atoms with van der Waals surface area (Å²) in [6.45, 7) is 0. The Balaban J connectivity index is 1.71. The van der Waals surface area contributed by atoms with Gasteiger partial charge in [-0.1, -0.05) is 70.5 Å². The first-order valence-electron chi connectivity index (χ1n) is 9.11. The smallest absolute Gasteiger partial charge is 0.230 e. The number of rotatable bonds is 3. The molecule has 0 N–H and O–H groups in total. The Morgan fingerprint density at radius 1 is 0.862 bits per heavy atom. The van der Waals surface area contributed by atoms with Crippen molar-refractivity contribution in [2.24, 2.45) is 4.99 Å². The van der Waals surface area contributed by atoms with E-state index in [-0.39, 0.29) is 0 Å². The molecule has 0 aliphatic rings. The maximum atomic E-state index is 6.19. The van der Waals surface area contributed by atoms with Gasteiger partial charge in [-0.05, 0) is 30.3 Å². The van der Waals surface area contributed by atoms with E-state index in [2.05, 4.69) is 39.5 Å². The van der Waals surface area contributed by atoms with Crippen LogP contribution in [0.15, 0.2) is 104 Å². The van der Waals surface area contributed by atoms with E-state index in [4.69, 9.17) is 14.4 Å². The van der Waals surface area contributed by atoms with Gasteiger partial charge in [-0.3, -0.25) is 0 Å². The number of thiazole rings is 1. The van der Waals surface area contributed by atoms with Crippen molar-refractivity contribution in [1.29, 1.82) is 0 Å². The van der Waals surface area contributed by atoms with Crippen LogP contribution in [0.1, 0.15) is 0 Å². The summed E-state index contributed by atoms with van der Waals surface area (Å²) >= 11 is 5.10. The summed E-state index contributed by atoms with van der Waals surface area (Å²) in [6.07, 6.45) is 0. The highest BCUT2D eigenvalue weighted by molar-refractivity contribution is 9.10. The third kappa shape index (κ3) is 3.79. The Hall–Kier alpha value is -3.02. The molecule has 0 spiro atoms. The van der Waals surface area contributed by atoms with Crippen LogP contribution in [0.3, 0.4) is 0 Å². The number of benzene rings is 3. The Morgan fingerprint density at radius 2 is 1.69 bits per heavy atom. The minimum atomic E-state index is 0.552. The molecular weight excluding hydrogens is 444 g/mol. The number of hydrogen-bond acceptors (Lipinski definition) is 4. The van der Waals surface area contributed by atoms with Gasteiger partial charge < -0.3 is 4.42 Å². The molecule has 29 heavy (non-hydrogen) atoms. The second kappa shape index (κ2) is 7.78. The molecule has 3 aromatic carbocycles. The highest BCUT2D eigenvalue weighted by atomic mass is 79.9. The molecule has 0 saturated heterocycles. The first kappa shape index (κ1) is 18.0. The first-order valence-corrected chi connectivity index (χ1v) is 10.8. The fourth-order valence-corrected chi connectivity index (χ4v) is 4.33. The normalized spacial score (nSPS) is 11.8. The molecule has 2 heterocycles. The van der Waals surface area contributed by atoms with Crippen molar-refractivity contribution in [2.75, 3.05) is 0 Å². The van der Waals surface area contributed by atoms with Crippen molar-refractivity contribution >= 4 is 43.9 Å². The minimum Gasteiger partial charge on any atom is -0.438 e. The zero-order valence-corrected chi connectivity index (χ0v) is 17.7. The second-order valence-corrected chi connectivity index (χ2v) is 8.27. The lowest BCUT2D eigenvalue weighted by molar-refractivity contribution is 0.547. The van der Waals surface area contributed by atoms with E-state index in [1.54, 1.807) is 11.3 Å². The van der Waals surface area contributed by atoms with E-state index < -0.39 is 0 Å². The van der Waals surface area contributed by atoms with Gasteiger partial charge in [0.1, 0.15) is 10.6 Å². The molecular formula is C24H15BrN2OS. The highest BCUT2D eigenvalue weighted by Crippen LogP contribution is 2.29. The van der Waals surface area contributed by atoms with Crippen molar-refractivity contribution in [3.8, 4) is 21.8 Å². The van der Waals surface area contributed by atoms with E-state index in [9.17, 15) is 0 Å². The van der Waals surface area contributed by atoms with Crippen LogP contribution in [0.25, 0.3) is 32.8 Å². The van der Waals surface area contributed by atoms with Crippen LogP contribution >= 0.6 is 27.3 Å². The summed E-state index contributed by atoms with van der Waals surface area (Å²) in [5, 5.41) is 3.97. The molecule has 2 aromatic heterocycles. The van der Waals surface area contributed by atoms with Gasteiger partial charge in [0.05, 0.1) is 16.9 Å². The van der Waals surface area contributed by atoms with Crippen LogP contribution in [0.2, 0.25) is 0 Å². The van der Waals surface area contributed by atoms with Gasteiger partial charge in [-0.2, -0.15) is 0 Å². The van der Waals surface area contributed by atoms with Crippen molar-refractivity contribution < 1.29 is 4.42 Å². The minimum absolute atomic E-state index is 0.552. The van der Waals surface area contributed by atoms with Gasteiger partial charge in [-0.15, -0.1) is 11.3 Å². The van der Waals surface area contributed by atoms with E-state index in [0.29, 0.717) is 5.55 Å². The number of nitrogens with zero attached hydrogens (tertiary/aromatic N) is 2. The van der Waals surface area contributed by atoms with E-state index in [1.807, 2.05) is 66.7 Å². The van der Waals surface area contributed by atoms with Gasteiger partial charge >= 0.3 is 0 Å². The van der Waals surface area contributed by atoms with Gasteiger partial charge in [0.2, 0.25) is 5.55 Å². The Kier molecular flexibility index (Phi) is 4.84. The predicted molar refractivity (Wildman–Crippen MR) is 122 cm³/mol. The summed E-state index contributed by atoms with van der Waals surface area (Å²) in [5.74, 6) is 0. The van der Waals surface area contributed by atoms with Gasteiger partial charge in [0, 0.05) is 20.8 Å². The number of para-hydroxylation sites is 1. The highest BCUT2D eigenvalue weighted by Gasteiger charge is 2.12. The Labute approximate surface area is 180 Å². The maximum Gasteiger partial charge on any atom is 0.230 e. The third-order valence-corrected chi connectivity index (χ3v) is 5.87. The molecule has 140 valence electrons. The fraction of sp³-hybridized carbons (Fsp3) is 0. The van der Waals surface area contributed by atoms with Crippen LogP contribution < -0.4 is 5.55 Å². The third-order valence-electron chi connectivity index (χ3n) is 4.50. The second-order valence-electron chi connectivity index (χ2n) is 6.50. The fourth-order valence-electron chi connectivity index (χ4n) is 3.11. The molecule has 0 fully saturated rings. The van der Waals surface area contributed by atoms with Gasteiger partial charge in [-0.25, -0.2) is 9.98 Å². The number of hydrogen-bond donors (Lipinski definition) is 0. The Morgan fingerprint density at radius 3 is 2.55 bits per heavy atom. The summed E-state index contributed by atoms with van der Waals surface area (Å²) in [4.78, 5) is 9.65. The molecule has 3 nitrogen and oxygen atoms in total. The quantitative estimate of drug-likeness (QED) is 0.286.